The Labute approximate surface area is 264 Å². The van der Waals surface area contributed by atoms with Gasteiger partial charge in [-0.15, -0.1) is 0 Å². The van der Waals surface area contributed by atoms with Gasteiger partial charge >= 0.3 is 11.9 Å². The van der Waals surface area contributed by atoms with Crippen molar-refractivity contribution in [1.82, 2.24) is 5.32 Å². The average molecular weight is 612 g/mol. The summed E-state index contributed by atoms with van der Waals surface area (Å²) in [4.78, 5) is 39.4. The van der Waals surface area contributed by atoms with Crippen LogP contribution in [0, 0.1) is 11.8 Å². The molecular weight excluding hydrogens is 558 g/mol. The molecular formula is C36H53NO7. The zero-order chi connectivity index (χ0) is 32.8. The summed E-state index contributed by atoms with van der Waals surface area (Å²) >= 11 is 0. The number of hydrogen-bond acceptors (Lipinski definition) is 7. The van der Waals surface area contributed by atoms with Crippen molar-refractivity contribution in [2.75, 3.05) is 7.11 Å². The van der Waals surface area contributed by atoms with Gasteiger partial charge in [-0.25, -0.2) is 4.79 Å². The molecule has 2 aliphatic rings. The molecule has 2 aliphatic heterocycles. The Kier molecular flexibility index (Phi) is 15.6. The van der Waals surface area contributed by atoms with Crippen molar-refractivity contribution >= 4 is 17.8 Å². The van der Waals surface area contributed by atoms with Crippen LogP contribution in [0.3, 0.4) is 0 Å². The molecule has 2 bridgehead atoms. The number of ether oxygens (including phenoxy) is 3. The second-order valence-corrected chi connectivity index (χ2v) is 12.5. The summed E-state index contributed by atoms with van der Waals surface area (Å²) in [5.74, 6) is -2.33. The van der Waals surface area contributed by atoms with Gasteiger partial charge in [-0.05, 0) is 75.7 Å². The van der Waals surface area contributed by atoms with Crippen molar-refractivity contribution in [2.24, 2.45) is 11.8 Å². The third-order valence-electron chi connectivity index (χ3n) is 7.95. The zero-order valence-corrected chi connectivity index (χ0v) is 27.7. The van der Waals surface area contributed by atoms with Crippen LogP contribution in [0.4, 0.5) is 0 Å². The van der Waals surface area contributed by atoms with Gasteiger partial charge in [0.1, 0.15) is 18.3 Å². The van der Waals surface area contributed by atoms with Crippen molar-refractivity contribution in [2.45, 2.75) is 117 Å². The minimum absolute atomic E-state index is 0.0293. The van der Waals surface area contributed by atoms with Crippen LogP contribution in [-0.4, -0.2) is 54.5 Å². The van der Waals surface area contributed by atoms with Crippen LogP contribution in [-0.2, 0) is 28.6 Å². The topological polar surface area (TPSA) is 111 Å². The van der Waals surface area contributed by atoms with Crippen molar-refractivity contribution in [3.8, 4) is 0 Å². The maximum absolute atomic E-state index is 13.2. The highest BCUT2D eigenvalue weighted by atomic mass is 16.5. The number of cyclic esters (lactones) is 1. The van der Waals surface area contributed by atoms with Crippen LogP contribution >= 0.6 is 0 Å². The molecule has 0 aromatic carbocycles. The molecule has 2 N–H and O–H groups in total. The van der Waals surface area contributed by atoms with Crippen LogP contribution in [0.2, 0.25) is 0 Å². The monoisotopic (exact) mass is 611 g/mol. The second kappa shape index (κ2) is 18.5. The number of allylic oxidation sites excluding steroid dienone is 5. The third kappa shape index (κ3) is 13.2. The van der Waals surface area contributed by atoms with Crippen LogP contribution in [0.1, 0.15) is 92.9 Å². The molecule has 244 valence electrons. The van der Waals surface area contributed by atoms with E-state index < -0.39 is 42.1 Å². The van der Waals surface area contributed by atoms with Gasteiger partial charge in [-0.2, -0.15) is 0 Å². The first-order valence-electron chi connectivity index (χ1n) is 15.8. The summed E-state index contributed by atoms with van der Waals surface area (Å²) in [5.41, 5.74) is 4.09. The minimum atomic E-state index is -1.48. The summed E-state index contributed by atoms with van der Waals surface area (Å²) < 4.78 is 17.4. The number of carbonyl (C=O) groups excluding carboxylic acids is 3. The number of carbonyl (C=O) groups is 3. The van der Waals surface area contributed by atoms with Crippen molar-refractivity contribution < 1.29 is 33.7 Å². The number of fused-ring (bicyclic) bond motifs is 3. The molecule has 0 aromatic rings. The number of nitrogens with one attached hydrogen (secondary N) is 1. The Balaban J connectivity index is 2.55. The van der Waals surface area contributed by atoms with Gasteiger partial charge in [-0.1, -0.05) is 69.6 Å². The van der Waals surface area contributed by atoms with Crippen molar-refractivity contribution in [1.29, 1.82) is 0 Å². The Morgan fingerprint density at radius 2 is 1.77 bits per heavy atom. The normalized spacial score (nSPS) is 28.1. The third-order valence-corrected chi connectivity index (χ3v) is 7.95. The highest BCUT2D eigenvalue weighted by molar-refractivity contribution is 5.87. The van der Waals surface area contributed by atoms with E-state index in [1.807, 2.05) is 45.9 Å². The molecule has 8 nitrogen and oxygen atoms in total. The van der Waals surface area contributed by atoms with E-state index in [1.165, 1.54) is 6.08 Å². The number of aliphatic hydroxyl groups excluding tert-OH is 1. The minimum Gasteiger partial charge on any atom is -0.457 e. The predicted molar refractivity (Wildman–Crippen MR) is 173 cm³/mol. The summed E-state index contributed by atoms with van der Waals surface area (Å²) in [6.45, 7) is 15.7. The largest absolute Gasteiger partial charge is 0.457 e. The maximum Gasteiger partial charge on any atom is 0.333 e. The van der Waals surface area contributed by atoms with E-state index in [0.717, 1.165) is 42.4 Å². The van der Waals surface area contributed by atoms with Gasteiger partial charge in [0.2, 0.25) is 0 Å². The lowest BCUT2D eigenvalue weighted by atomic mass is 9.95. The first kappa shape index (κ1) is 37.0. The lowest BCUT2D eigenvalue weighted by Gasteiger charge is -2.26. The number of hydrogen-bond donors (Lipinski definition) is 2. The van der Waals surface area contributed by atoms with Crippen LogP contribution in [0.5, 0.6) is 0 Å². The van der Waals surface area contributed by atoms with E-state index in [2.05, 4.69) is 11.9 Å². The van der Waals surface area contributed by atoms with E-state index in [0.29, 0.717) is 30.5 Å². The Hall–Kier alpha value is -3.23. The molecule has 0 radical (unpaired) electrons. The lowest BCUT2D eigenvalue weighted by molar-refractivity contribution is -0.152. The zero-order valence-electron chi connectivity index (χ0n) is 27.7. The highest BCUT2D eigenvalue weighted by Crippen LogP contribution is 2.23. The van der Waals surface area contributed by atoms with E-state index in [9.17, 15) is 19.5 Å². The van der Waals surface area contributed by atoms with Gasteiger partial charge in [0, 0.05) is 31.2 Å². The van der Waals surface area contributed by atoms with Crippen LogP contribution in [0.25, 0.3) is 0 Å². The molecule has 2 rings (SSSR count). The SMILES string of the molecule is C=C1CC(OC)CCCCCC2=CC(=O)OC(C=C(C)CC(=O)OC(C=CC(C)C)C(C)C(O)C(=O)N2)CC(C)=CC=C1C. The van der Waals surface area contributed by atoms with Gasteiger partial charge < -0.3 is 24.6 Å². The maximum atomic E-state index is 13.2. The van der Waals surface area contributed by atoms with Crippen LogP contribution in [0.15, 0.2) is 71.0 Å². The summed E-state index contributed by atoms with van der Waals surface area (Å²) in [6.07, 6.45) is 12.6. The summed E-state index contributed by atoms with van der Waals surface area (Å²) in [6, 6.07) is 0. The van der Waals surface area contributed by atoms with Gasteiger partial charge in [-0.3, -0.25) is 9.59 Å². The first-order valence-corrected chi connectivity index (χ1v) is 15.8. The smallest absolute Gasteiger partial charge is 0.333 e. The fourth-order valence-corrected chi connectivity index (χ4v) is 5.11. The molecule has 0 aromatic heterocycles. The molecule has 8 heteroatoms. The summed E-state index contributed by atoms with van der Waals surface area (Å²) in [5, 5.41) is 13.8. The van der Waals surface area contributed by atoms with Gasteiger partial charge in [0.25, 0.3) is 5.91 Å². The molecule has 5 unspecified atom stereocenters. The second-order valence-electron chi connectivity index (χ2n) is 12.5. The number of aliphatic hydroxyl groups is 1. The van der Waals surface area contributed by atoms with E-state index in [1.54, 1.807) is 33.1 Å². The number of methoxy groups -OCH3 is 1. The number of rotatable bonds is 3. The average Bonchev–Trinajstić information content (AvgIpc) is 2.94. The van der Waals surface area contributed by atoms with Crippen LogP contribution < -0.4 is 5.32 Å². The molecule has 5 atom stereocenters. The quantitative estimate of drug-likeness (QED) is 0.274. The standard InChI is InChI=1S/C36H53NO7/c1-23(2)14-17-32-28(7)35(40)36(41)37-29-12-10-9-11-13-30(42-8)21-27(6)26(5)16-15-24(3)18-31(43-34(39)22-29)19-25(4)20-33(38)44-32/h14-17,19,22-23,28,30-32,35,40H,6,9-13,18,20-21H2,1-5,7-8H3,(H,37,41). The molecule has 0 spiro atoms. The van der Waals surface area contributed by atoms with E-state index in [-0.39, 0.29) is 18.4 Å². The number of amides is 1. The number of esters is 2. The van der Waals surface area contributed by atoms with E-state index in [4.69, 9.17) is 14.2 Å². The molecule has 44 heavy (non-hydrogen) atoms. The van der Waals surface area contributed by atoms with Crippen molar-refractivity contribution in [3.05, 3.63) is 71.0 Å². The fourth-order valence-electron chi connectivity index (χ4n) is 5.11. The molecule has 0 saturated carbocycles. The van der Waals surface area contributed by atoms with Gasteiger partial charge in [0.15, 0.2) is 0 Å². The molecule has 1 amide bonds. The Bertz CT molecular complexity index is 1170. The Morgan fingerprint density at radius 1 is 1.05 bits per heavy atom. The van der Waals surface area contributed by atoms with Gasteiger partial charge in [0.05, 0.1) is 12.5 Å². The first-order chi connectivity index (χ1) is 20.8. The van der Waals surface area contributed by atoms with Crippen molar-refractivity contribution in [3.63, 3.8) is 0 Å². The fraction of sp³-hybridized carbons (Fsp3) is 0.583. The molecule has 2 heterocycles. The molecule has 0 fully saturated rings. The predicted octanol–water partition coefficient (Wildman–Crippen LogP) is 6.58. The highest BCUT2D eigenvalue weighted by Gasteiger charge is 2.31. The summed E-state index contributed by atoms with van der Waals surface area (Å²) in [7, 11) is 1.72. The molecule has 0 aliphatic carbocycles. The van der Waals surface area contributed by atoms with E-state index >= 15 is 0 Å². The Morgan fingerprint density at radius 3 is 2.45 bits per heavy atom. The lowest BCUT2D eigenvalue weighted by Crippen LogP contribution is -2.43. The molecule has 0 saturated heterocycles.